The Morgan fingerprint density at radius 1 is 1.43 bits per heavy atom. The first kappa shape index (κ1) is 18.2. The highest BCUT2D eigenvalue weighted by molar-refractivity contribution is 6.33. The van der Waals surface area contributed by atoms with E-state index >= 15 is 0 Å². The number of piperidine rings is 1. The number of rotatable bonds is 6. The monoisotopic (exact) mass is 341 g/mol. The summed E-state index contributed by atoms with van der Waals surface area (Å²) in [6.07, 6.45) is 3.43. The molecule has 1 aliphatic rings. The molecule has 2 N–H and O–H groups in total. The van der Waals surface area contributed by atoms with Crippen molar-refractivity contribution in [3.8, 4) is 0 Å². The van der Waals surface area contributed by atoms with E-state index in [-0.39, 0.29) is 17.0 Å². The summed E-state index contributed by atoms with van der Waals surface area (Å²) in [5.74, 6) is 0.220. The molecule has 0 bridgehead atoms. The van der Waals surface area contributed by atoms with Crippen LogP contribution in [0.4, 0.5) is 10.1 Å². The molecule has 1 heterocycles. The van der Waals surface area contributed by atoms with Gasteiger partial charge >= 0.3 is 0 Å². The molecule has 1 fully saturated rings. The molecule has 23 heavy (non-hydrogen) atoms. The van der Waals surface area contributed by atoms with E-state index in [9.17, 15) is 9.18 Å². The van der Waals surface area contributed by atoms with Crippen molar-refractivity contribution in [1.82, 2.24) is 10.2 Å². The summed E-state index contributed by atoms with van der Waals surface area (Å²) < 4.78 is 13.0. The van der Waals surface area contributed by atoms with Crippen molar-refractivity contribution in [2.45, 2.75) is 32.2 Å². The number of nitrogens with zero attached hydrogens (tertiary/aromatic N) is 1. The van der Waals surface area contributed by atoms with Gasteiger partial charge in [0, 0.05) is 0 Å². The van der Waals surface area contributed by atoms with Crippen LogP contribution in [0.3, 0.4) is 0 Å². The smallest absolute Gasteiger partial charge is 0.241 e. The van der Waals surface area contributed by atoms with Crippen molar-refractivity contribution in [2.24, 2.45) is 5.92 Å². The number of nitrogens with one attached hydrogen (secondary N) is 2. The molecule has 2 rings (SSSR count). The van der Waals surface area contributed by atoms with Crippen LogP contribution < -0.4 is 10.6 Å². The number of benzene rings is 1. The van der Waals surface area contributed by atoms with E-state index in [1.54, 1.807) is 0 Å². The molecule has 1 aromatic carbocycles. The van der Waals surface area contributed by atoms with Crippen molar-refractivity contribution in [3.05, 3.63) is 29.0 Å². The molecular weight excluding hydrogens is 317 g/mol. The summed E-state index contributed by atoms with van der Waals surface area (Å²) in [5, 5.41) is 6.20. The molecule has 0 aromatic heterocycles. The summed E-state index contributed by atoms with van der Waals surface area (Å²) >= 11 is 5.96. The zero-order valence-corrected chi connectivity index (χ0v) is 14.5. The summed E-state index contributed by atoms with van der Waals surface area (Å²) in [6, 6.07) is 3.77. The Hall–Kier alpha value is -1.17. The molecule has 1 amide bonds. The van der Waals surface area contributed by atoms with E-state index < -0.39 is 5.82 Å². The van der Waals surface area contributed by atoms with Gasteiger partial charge in [0.2, 0.25) is 5.91 Å². The molecule has 128 valence electrons. The molecule has 0 aliphatic carbocycles. The molecular formula is C17H25ClFN3O. The third kappa shape index (κ3) is 5.16. The van der Waals surface area contributed by atoms with Crippen molar-refractivity contribution in [2.75, 3.05) is 32.0 Å². The van der Waals surface area contributed by atoms with Crippen LogP contribution in [0, 0.1) is 11.7 Å². The molecule has 1 aliphatic heterocycles. The first-order valence-corrected chi connectivity index (χ1v) is 8.53. The average Bonchev–Trinajstić information content (AvgIpc) is 2.55. The Morgan fingerprint density at radius 2 is 2.13 bits per heavy atom. The second kappa shape index (κ2) is 8.62. The molecule has 1 atom stereocenters. The lowest BCUT2D eigenvalue weighted by Gasteiger charge is -2.35. The second-order valence-corrected chi connectivity index (χ2v) is 6.57. The average molecular weight is 342 g/mol. The van der Waals surface area contributed by atoms with Crippen LogP contribution in [0.25, 0.3) is 0 Å². The minimum absolute atomic E-state index is 0.104. The number of anilines is 1. The van der Waals surface area contributed by atoms with Gasteiger partial charge in [-0.1, -0.05) is 11.6 Å². The topological polar surface area (TPSA) is 44.4 Å². The lowest BCUT2D eigenvalue weighted by Crippen LogP contribution is -2.46. The first-order valence-electron chi connectivity index (χ1n) is 8.16. The van der Waals surface area contributed by atoms with Crippen molar-refractivity contribution in [1.29, 1.82) is 0 Å². The highest BCUT2D eigenvalue weighted by atomic mass is 35.5. The van der Waals surface area contributed by atoms with E-state index in [2.05, 4.69) is 15.5 Å². The largest absolute Gasteiger partial charge is 0.323 e. The number of amides is 1. The standard InChI is InChI=1S/C17H25ClFN3O/c1-12(22-9-6-13(7-10-22)5-8-20-2)17(23)21-16-4-3-14(19)11-15(16)18/h3-4,11-13,20H,5-10H2,1-2H3,(H,21,23). The van der Waals surface area contributed by atoms with Gasteiger partial charge in [-0.2, -0.15) is 0 Å². The predicted molar refractivity (Wildman–Crippen MR) is 92.3 cm³/mol. The van der Waals surface area contributed by atoms with Crippen molar-refractivity contribution >= 4 is 23.2 Å². The van der Waals surface area contributed by atoms with Crippen LogP contribution in [0.1, 0.15) is 26.2 Å². The van der Waals surface area contributed by atoms with Crippen molar-refractivity contribution < 1.29 is 9.18 Å². The third-order valence-corrected chi connectivity index (χ3v) is 4.88. The summed E-state index contributed by atoms with van der Waals surface area (Å²) in [7, 11) is 1.97. The van der Waals surface area contributed by atoms with Crippen LogP contribution in [0.15, 0.2) is 18.2 Å². The van der Waals surface area contributed by atoms with E-state index in [4.69, 9.17) is 11.6 Å². The summed E-state index contributed by atoms with van der Waals surface area (Å²) in [4.78, 5) is 14.6. The fourth-order valence-electron chi connectivity index (χ4n) is 2.97. The van der Waals surface area contributed by atoms with Crippen LogP contribution in [-0.2, 0) is 4.79 Å². The summed E-state index contributed by atoms with van der Waals surface area (Å²) in [5.41, 5.74) is 0.453. The van der Waals surface area contributed by atoms with Crippen LogP contribution >= 0.6 is 11.6 Å². The number of carbonyl (C=O) groups excluding carboxylic acids is 1. The number of hydrogen-bond acceptors (Lipinski definition) is 3. The maximum atomic E-state index is 13.0. The van der Waals surface area contributed by atoms with Gasteiger partial charge < -0.3 is 10.6 Å². The van der Waals surface area contributed by atoms with Crippen LogP contribution in [-0.4, -0.2) is 43.5 Å². The van der Waals surface area contributed by atoms with E-state index in [1.807, 2.05) is 14.0 Å². The van der Waals surface area contributed by atoms with Gasteiger partial charge in [0.05, 0.1) is 16.8 Å². The minimum atomic E-state index is -0.412. The van der Waals surface area contributed by atoms with Gasteiger partial charge in [-0.3, -0.25) is 9.69 Å². The van der Waals surface area contributed by atoms with E-state index in [0.29, 0.717) is 5.69 Å². The predicted octanol–water partition coefficient (Wildman–Crippen LogP) is 3.13. The first-order chi connectivity index (χ1) is 11.0. The molecule has 1 unspecified atom stereocenters. The highest BCUT2D eigenvalue weighted by Gasteiger charge is 2.26. The van der Waals surface area contributed by atoms with Gasteiger partial charge in [0.1, 0.15) is 5.82 Å². The van der Waals surface area contributed by atoms with Gasteiger partial charge in [-0.05, 0) is 77.0 Å². The van der Waals surface area contributed by atoms with Gasteiger partial charge in [0.15, 0.2) is 0 Å². The normalized spacial score (nSPS) is 17.9. The van der Waals surface area contributed by atoms with E-state index in [0.717, 1.165) is 38.4 Å². The van der Waals surface area contributed by atoms with Crippen molar-refractivity contribution in [3.63, 3.8) is 0 Å². The zero-order chi connectivity index (χ0) is 16.8. The molecule has 0 saturated carbocycles. The zero-order valence-electron chi connectivity index (χ0n) is 13.7. The second-order valence-electron chi connectivity index (χ2n) is 6.16. The maximum absolute atomic E-state index is 13.0. The fourth-order valence-corrected chi connectivity index (χ4v) is 3.19. The van der Waals surface area contributed by atoms with Gasteiger partial charge in [-0.25, -0.2) is 4.39 Å². The van der Waals surface area contributed by atoms with E-state index in [1.165, 1.54) is 24.6 Å². The van der Waals surface area contributed by atoms with Crippen LogP contribution in [0.5, 0.6) is 0 Å². The lowest BCUT2D eigenvalue weighted by atomic mass is 9.93. The summed E-state index contributed by atoms with van der Waals surface area (Å²) in [6.45, 7) is 4.81. The van der Waals surface area contributed by atoms with Crippen LogP contribution in [0.2, 0.25) is 5.02 Å². The number of likely N-dealkylation sites (tertiary alicyclic amines) is 1. The molecule has 0 spiro atoms. The third-order valence-electron chi connectivity index (χ3n) is 4.57. The Bertz CT molecular complexity index is 533. The van der Waals surface area contributed by atoms with Gasteiger partial charge in [0.25, 0.3) is 0 Å². The molecule has 4 nitrogen and oxygen atoms in total. The Labute approximate surface area is 142 Å². The Balaban J connectivity index is 1.85. The number of halogens is 2. The maximum Gasteiger partial charge on any atom is 0.241 e. The van der Waals surface area contributed by atoms with Gasteiger partial charge in [-0.15, -0.1) is 0 Å². The molecule has 1 aromatic rings. The SMILES string of the molecule is CNCCC1CCN(C(C)C(=O)Nc2ccc(F)cc2Cl)CC1. The molecule has 1 saturated heterocycles. The minimum Gasteiger partial charge on any atom is -0.323 e. The number of hydrogen-bond donors (Lipinski definition) is 2. The molecule has 0 radical (unpaired) electrons. The lowest BCUT2D eigenvalue weighted by molar-refractivity contribution is -0.121. The Morgan fingerprint density at radius 3 is 2.74 bits per heavy atom. The number of carbonyl (C=O) groups is 1. The quantitative estimate of drug-likeness (QED) is 0.835. The fraction of sp³-hybridized carbons (Fsp3) is 0.588. The molecule has 6 heteroatoms. The highest BCUT2D eigenvalue weighted by Crippen LogP contribution is 2.24. The Kier molecular flexibility index (Phi) is 6.81.